The Labute approximate surface area is 310 Å². The molecular weight excluding hydrogens is 694 g/mol. The van der Waals surface area contributed by atoms with E-state index in [2.05, 4.69) is 39.8 Å². The number of aliphatic hydroxyl groups is 1. The molecule has 280 valence electrons. The summed E-state index contributed by atoms with van der Waals surface area (Å²) in [6.45, 7) is 8.41. The van der Waals surface area contributed by atoms with Crippen molar-refractivity contribution in [1.29, 1.82) is 0 Å². The zero-order chi connectivity index (χ0) is 36.4. The first-order chi connectivity index (χ1) is 23.7. The highest BCUT2D eigenvalue weighted by molar-refractivity contribution is 6.17. The lowest BCUT2D eigenvalue weighted by molar-refractivity contribution is 0.151. The number of aliphatic hydroxyl groups excluding tert-OH is 1. The minimum absolute atomic E-state index is 0. The van der Waals surface area contributed by atoms with Crippen LogP contribution in [0.15, 0.2) is 84.9 Å². The normalized spacial score (nSPS) is 15.7. The van der Waals surface area contributed by atoms with Gasteiger partial charge in [0.05, 0.1) is 6.61 Å². The van der Waals surface area contributed by atoms with Crippen LogP contribution in [-0.4, -0.2) is 5.11 Å². The van der Waals surface area contributed by atoms with Crippen molar-refractivity contribution in [2.75, 3.05) is 0 Å². The SMILES string of the molecule is C.C.CC1(C)CCC=C1c1cc(CCl)ccc1-c1cc(C(F)F)ccc1F.CC1(C)CCC=C1c1cc(CO)ccc1-c1cc(C(F)F)ccc1F. The Morgan fingerprint density at radius 2 is 0.981 bits per heavy atom. The van der Waals surface area contributed by atoms with Crippen molar-refractivity contribution < 1.29 is 31.4 Å². The Balaban J connectivity index is 0.000000270. The van der Waals surface area contributed by atoms with Crippen LogP contribution in [0.25, 0.3) is 33.4 Å². The minimum Gasteiger partial charge on any atom is -0.392 e. The lowest BCUT2D eigenvalue weighted by Crippen LogP contribution is -2.10. The maximum atomic E-state index is 14.5. The Morgan fingerprint density at radius 3 is 1.33 bits per heavy atom. The zero-order valence-electron chi connectivity index (χ0n) is 28.6. The molecule has 0 fully saturated rings. The monoisotopic (exact) mass is 742 g/mol. The van der Waals surface area contributed by atoms with Gasteiger partial charge in [0, 0.05) is 28.1 Å². The van der Waals surface area contributed by atoms with Crippen molar-refractivity contribution in [3.63, 3.8) is 0 Å². The van der Waals surface area contributed by atoms with Gasteiger partial charge >= 0.3 is 0 Å². The standard InChI is InChI=1S/C21H20ClF3.C21H21F3O.2CH4/c1-21(2)9-3-4-18(21)16-10-13(12-22)5-7-15(16)17-11-14(20(24)25)6-8-19(17)23;1-21(2)9-3-4-18(21)16-10-13(12-25)5-7-15(16)17-11-14(20(23)24)6-8-19(17)22;;/h4-8,10-11,20H,3,9,12H2,1-2H3;4-8,10-11,20,25H,3,9,12H2,1-2H3;2*1H4. The van der Waals surface area contributed by atoms with Crippen molar-refractivity contribution in [3.8, 4) is 22.3 Å². The summed E-state index contributed by atoms with van der Waals surface area (Å²) >= 11 is 5.98. The first-order valence-corrected chi connectivity index (χ1v) is 17.2. The van der Waals surface area contributed by atoms with Crippen LogP contribution in [0.1, 0.15) is 114 Å². The quantitative estimate of drug-likeness (QED) is 0.141. The Bertz CT molecular complexity index is 1790. The van der Waals surface area contributed by atoms with E-state index in [0.29, 0.717) is 22.6 Å². The fourth-order valence-electron chi connectivity index (χ4n) is 6.98. The van der Waals surface area contributed by atoms with Crippen LogP contribution >= 0.6 is 11.6 Å². The molecule has 0 unspecified atom stereocenters. The van der Waals surface area contributed by atoms with Gasteiger partial charge in [-0.1, -0.05) is 91.1 Å². The van der Waals surface area contributed by atoms with Crippen LogP contribution in [0.3, 0.4) is 0 Å². The maximum Gasteiger partial charge on any atom is 0.263 e. The Morgan fingerprint density at radius 1 is 0.577 bits per heavy atom. The van der Waals surface area contributed by atoms with Gasteiger partial charge in [-0.25, -0.2) is 26.3 Å². The minimum atomic E-state index is -2.65. The first kappa shape index (κ1) is 42.6. The molecule has 0 bridgehead atoms. The third kappa shape index (κ3) is 9.03. The topological polar surface area (TPSA) is 20.2 Å². The molecule has 0 spiro atoms. The largest absolute Gasteiger partial charge is 0.392 e. The van der Waals surface area contributed by atoms with Gasteiger partial charge in [-0.3, -0.25) is 0 Å². The third-order valence-corrected chi connectivity index (χ3v) is 10.2. The molecule has 0 aromatic heterocycles. The van der Waals surface area contributed by atoms with E-state index in [-0.39, 0.29) is 54.5 Å². The molecule has 0 amide bonds. The Kier molecular flexibility index (Phi) is 14.2. The number of hydrogen-bond acceptors (Lipinski definition) is 1. The molecule has 4 aromatic rings. The highest BCUT2D eigenvalue weighted by Gasteiger charge is 2.32. The van der Waals surface area contributed by atoms with Gasteiger partial charge < -0.3 is 5.11 Å². The van der Waals surface area contributed by atoms with Gasteiger partial charge in [0.15, 0.2) is 0 Å². The van der Waals surface area contributed by atoms with E-state index in [1.54, 1.807) is 18.2 Å². The number of hydrogen-bond donors (Lipinski definition) is 1. The predicted molar refractivity (Wildman–Crippen MR) is 205 cm³/mol. The van der Waals surface area contributed by atoms with Crippen LogP contribution in [0.2, 0.25) is 0 Å². The molecule has 4 aromatic carbocycles. The molecule has 52 heavy (non-hydrogen) atoms. The van der Waals surface area contributed by atoms with Crippen LogP contribution in [0.5, 0.6) is 0 Å². The molecule has 0 saturated heterocycles. The van der Waals surface area contributed by atoms with Crippen LogP contribution < -0.4 is 0 Å². The summed E-state index contributed by atoms with van der Waals surface area (Å²) in [6.07, 6.45) is 2.85. The van der Waals surface area contributed by atoms with Crippen molar-refractivity contribution in [2.45, 2.75) is 93.6 Å². The van der Waals surface area contributed by atoms with Gasteiger partial charge in [0.1, 0.15) is 11.6 Å². The summed E-state index contributed by atoms with van der Waals surface area (Å²) in [4.78, 5) is 0. The number of allylic oxidation sites excluding steroid dienone is 4. The average Bonchev–Trinajstić information content (AvgIpc) is 3.63. The molecular formula is C44H49ClF6O. The number of alkyl halides is 5. The average molecular weight is 743 g/mol. The molecule has 0 radical (unpaired) electrons. The van der Waals surface area contributed by atoms with Crippen molar-refractivity contribution in [3.05, 3.63) is 130 Å². The first-order valence-electron chi connectivity index (χ1n) is 16.7. The summed E-state index contributed by atoms with van der Waals surface area (Å²) in [5.74, 6) is -0.680. The van der Waals surface area contributed by atoms with Crippen molar-refractivity contribution >= 4 is 22.7 Å². The second-order valence-corrected chi connectivity index (χ2v) is 14.5. The molecule has 1 nitrogen and oxygen atoms in total. The highest BCUT2D eigenvalue weighted by atomic mass is 35.5. The molecule has 1 N–H and O–H groups in total. The van der Waals surface area contributed by atoms with E-state index >= 15 is 0 Å². The van der Waals surface area contributed by atoms with Gasteiger partial charge in [-0.15, -0.1) is 11.6 Å². The van der Waals surface area contributed by atoms with Crippen molar-refractivity contribution in [1.82, 2.24) is 0 Å². The predicted octanol–water partition coefficient (Wildman–Crippen LogP) is 14.8. The molecule has 2 aliphatic carbocycles. The number of rotatable bonds is 8. The Hall–Kier alpha value is -3.81. The second kappa shape index (κ2) is 17.3. The van der Waals surface area contributed by atoms with E-state index < -0.39 is 24.5 Å². The van der Waals surface area contributed by atoms with E-state index in [4.69, 9.17) is 11.6 Å². The van der Waals surface area contributed by atoms with Crippen LogP contribution in [0, 0.1) is 22.5 Å². The summed E-state index contributed by atoms with van der Waals surface area (Å²) in [5, 5.41) is 9.48. The molecule has 2 aliphatic rings. The van der Waals surface area contributed by atoms with Crippen LogP contribution in [-0.2, 0) is 12.5 Å². The fourth-order valence-corrected chi connectivity index (χ4v) is 7.14. The summed E-state index contributed by atoms with van der Waals surface area (Å²) in [6, 6.07) is 17.7. The molecule has 0 heterocycles. The smallest absolute Gasteiger partial charge is 0.263 e. The lowest BCUT2D eigenvalue weighted by atomic mass is 9.79. The lowest BCUT2D eigenvalue weighted by Gasteiger charge is -2.25. The van der Waals surface area contributed by atoms with Crippen LogP contribution in [0.4, 0.5) is 26.3 Å². The summed E-state index contributed by atoms with van der Waals surface area (Å²) in [5.41, 5.74) is 6.60. The molecule has 0 aliphatic heterocycles. The van der Waals surface area contributed by atoms with Gasteiger partial charge in [-0.2, -0.15) is 0 Å². The fraction of sp³-hybridized carbons (Fsp3) is 0.364. The summed E-state index contributed by atoms with van der Waals surface area (Å²) in [7, 11) is 0. The molecule has 8 heteroatoms. The van der Waals surface area contributed by atoms with E-state index in [1.165, 1.54) is 12.1 Å². The third-order valence-electron chi connectivity index (χ3n) is 9.84. The number of halogens is 7. The van der Waals surface area contributed by atoms with E-state index in [0.717, 1.165) is 77.8 Å². The number of benzene rings is 4. The molecule has 6 rings (SSSR count). The van der Waals surface area contributed by atoms with Gasteiger partial charge in [-0.05, 0) is 117 Å². The van der Waals surface area contributed by atoms with E-state index in [9.17, 15) is 31.4 Å². The van der Waals surface area contributed by atoms with Gasteiger partial charge in [0.25, 0.3) is 12.9 Å². The molecule has 0 saturated carbocycles. The maximum absolute atomic E-state index is 14.5. The van der Waals surface area contributed by atoms with E-state index in [1.807, 2.05) is 18.2 Å². The van der Waals surface area contributed by atoms with Gasteiger partial charge in [0.2, 0.25) is 0 Å². The van der Waals surface area contributed by atoms with Crippen molar-refractivity contribution in [2.24, 2.45) is 10.8 Å². The second-order valence-electron chi connectivity index (χ2n) is 14.2. The zero-order valence-corrected chi connectivity index (χ0v) is 29.3. The summed E-state index contributed by atoms with van der Waals surface area (Å²) < 4.78 is 81.2. The highest BCUT2D eigenvalue weighted by Crippen LogP contribution is 2.49. The molecule has 0 atom stereocenters.